The third-order valence-corrected chi connectivity index (χ3v) is 4.49. The molecule has 6 heteroatoms. The Balaban J connectivity index is 2.84. The largest absolute Gasteiger partial charge is 0.477 e. The summed E-state index contributed by atoms with van der Waals surface area (Å²) in [6, 6.07) is 2.52. The number of carbonyl (C=O) groups is 1. The predicted octanol–water partition coefficient (Wildman–Crippen LogP) is 4.41. The van der Waals surface area contributed by atoms with Gasteiger partial charge in [0.15, 0.2) is 0 Å². The van der Waals surface area contributed by atoms with Crippen LogP contribution < -0.4 is 5.73 Å². The van der Waals surface area contributed by atoms with E-state index in [0.29, 0.717) is 11.1 Å². The number of nitrogens with two attached hydrogens (primary N) is 1. The van der Waals surface area contributed by atoms with Crippen LogP contribution in [0.3, 0.4) is 0 Å². The molecule has 112 valence electrons. The number of halogens is 2. The molecule has 0 bridgehead atoms. The van der Waals surface area contributed by atoms with Crippen LogP contribution in [0.15, 0.2) is 12.1 Å². The van der Waals surface area contributed by atoms with Crippen LogP contribution in [0.4, 0.5) is 14.5 Å². The molecule has 0 saturated heterocycles. The Morgan fingerprint density at radius 3 is 2.48 bits per heavy atom. The van der Waals surface area contributed by atoms with Crippen molar-refractivity contribution >= 4 is 23.0 Å². The third kappa shape index (κ3) is 2.51. The van der Waals surface area contributed by atoms with Gasteiger partial charge in [0, 0.05) is 4.88 Å². The van der Waals surface area contributed by atoms with Crippen LogP contribution in [-0.4, -0.2) is 11.1 Å². The van der Waals surface area contributed by atoms with E-state index in [1.54, 1.807) is 13.8 Å². The van der Waals surface area contributed by atoms with Crippen molar-refractivity contribution in [2.45, 2.75) is 26.7 Å². The first-order chi connectivity index (χ1) is 9.75. The monoisotopic (exact) mass is 311 g/mol. The van der Waals surface area contributed by atoms with Gasteiger partial charge in [-0.3, -0.25) is 0 Å². The van der Waals surface area contributed by atoms with Crippen LogP contribution in [0.2, 0.25) is 0 Å². The summed E-state index contributed by atoms with van der Waals surface area (Å²) in [6.45, 7) is 5.14. The van der Waals surface area contributed by atoms with E-state index in [4.69, 9.17) is 10.8 Å². The molecule has 0 spiro atoms. The number of carboxylic acid groups (broad SMARTS) is 1. The number of thiophene rings is 1. The lowest BCUT2D eigenvalue weighted by molar-refractivity contribution is 0.0703. The molecular weight excluding hydrogens is 296 g/mol. The van der Waals surface area contributed by atoms with Crippen molar-refractivity contribution in [3.05, 3.63) is 39.8 Å². The zero-order chi connectivity index (χ0) is 15.9. The number of benzene rings is 1. The van der Waals surface area contributed by atoms with E-state index in [1.165, 1.54) is 19.1 Å². The third-order valence-electron chi connectivity index (χ3n) is 3.27. The van der Waals surface area contributed by atoms with Gasteiger partial charge in [0.2, 0.25) is 0 Å². The van der Waals surface area contributed by atoms with Crippen LogP contribution in [0.1, 0.15) is 40.6 Å². The fraction of sp³-hybridized carbons (Fsp3) is 0.267. The summed E-state index contributed by atoms with van der Waals surface area (Å²) in [5, 5.41) is 9.17. The average molecular weight is 311 g/mol. The summed E-state index contributed by atoms with van der Waals surface area (Å²) in [6.07, 6.45) is 0. The molecule has 21 heavy (non-hydrogen) atoms. The molecule has 1 aromatic heterocycles. The lowest BCUT2D eigenvalue weighted by atomic mass is 9.97. The Kier molecular flexibility index (Phi) is 4.00. The van der Waals surface area contributed by atoms with Crippen molar-refractivity contribution in [2.24, 2.45) is 0 Å². The summed E-state index contributed by atoms with van der Waals surface area (Å²) in [5.41, 5.74) is 6.51. The Bertz CT molecular complexity index is 723. The second-order valence-corrected chi connectivity index (χ2v) is 6.12. The maximum absolute atomic E-state index is 14.3. The zero-order valence-electron chi connectivity index (χ0n) is 11.8. The molecular formula is C15H15F2NO2S. The van der Waals surface area contributed by atoms with E-state index in [2.05, 4.69) is 0 Å². The number of hydrogen-bond acceptors (Lipinski definition) is 3. The summed E-state index contributed by atoms with van der Waals surface area (Å²) in [4.78, 5) is 11.4. The Morgan fingerprint density at radius 1 is 1.33 bits per heavy atom. The molecule has 3 nitrogen and oxygen atoms in total. The maximum atomic E-state index is 14.3. The van der Waals surface area contributed by atoms with E-state index in [0.717, 1.165) is 11.3 Å². The van der Waals surface area contributed by atoms with Gasteiger partial charge in [0.1, 0.15) is 16.5 Å². The molecule has 2 rings (SSSR count). The lowest BCUT2D eigenvalue weighted by Gasteiger charge is -2.11. The molecule has 0 amide bonds. The summed E-state index contributed by atoms with van der Waals surface area (Å²) in [5.74, 6) is -2.75. The molecule has 0 saturated carbocycles. The molecule has 1 heterocycles. The van der Waals surface area contributed by atoms with Gasteiger partial charge in [-0.2, -0.15) is 0 Å². The van der Waals surface area contributed by atoms with Crippen LogP contribution in [0, 0.1) is 18.6 Å². The number of aromatic carboxylic acids is 1. The minimum atomic E-state index is -1.20. The number of nitrogen functional groups attached to an aromatic ring is 1. The Hall–Kier alpha value is -1.95. The van der Waals surface area contributed by atoms with E-state index >= 15 is 0 Å². The van der Waals surface area contributed by atoms with Gasteiger partial charge >= 0.3 is 5.97 Å². The number of carboxylic acids is 1. The van der Waals surface area contributed by atoms with E-state index < -0.39 is 17.6 Å². The van der Waals surface area contributed by atoms with Gasteiger partial charge in [0.25, 0.3) is 0 Å². The molecule has 0 fully saturated rings. The minimum absolute atomic E-state index is 0.0813. The van der Waals surface area contributed by atoms with Gasteiger partial charge in [-0.1, -0.05) is 19.9 Å². The topological polar surface area (TPSA) is 63.3 Å². The summed E-state index contributed by atoms with van der Waals surface area (Å²) < 4.78 is 28.4. The van der Waals surface area contributed by atoms with Crippen molar-refractivity contribution in [1.82, 2.24) is 0 Å². The summed E-state index contributed by atoms with van der Waals surface area (Å²) in [7, 11) is 0. The van der Waals surface area contributed by atoms with Crippen molar-refractivity contribution < 1.29 is 18.7 Å². The van der Waals surface area contributed by atoms with Gasteiger partial charge < -0.3 is 10.8 Å². The summed E-state index contributed by atoms with van der Waals surface area (Å²) >= 11 is 0.808. The highest BCUT2D eigenvalue weighted by molar-refractivity contribution is 7.18. The highest BCUT2D eigenvalue weighted by Crippen LogP contribution is 2.44. The molecule has 3 N–H and O–H groups in total. The van der Waals surface area contributed by atoms with Crippen LogP contribution in [0.5, 0.6) is 0 Å². The fourth-order valence-corrected chi connectivity index (χ4v) is 3.50. The van der Waals surface area contributed by atoms with Gasteiger partial charge in [0.05, 0.1) is 11.3 Å². The number of rotatable bonds is 3. The molecule has 0 radical (unpaired) electrons. The average Bonchev–Trinajstić information content (AvgIpc) is 2.72. The van der Waals surface area contributed by atoms with Crippen molar-refractivity contribution in [3.63, 3.8) is 0 Å². The van der Waals surface area contributed by atoms with Gasteiger partial charge in [-0.15, -0.1) is 11.3 Å². The highest BCUT2D eigenvalue weighted by atomic mass is 32.1. The molecule has 0 unspecified atom stereocenters. The van der Waals surface area contributed by atoms with E-state index in [-0.39, 0.29) is 26.9 Å². The standard InChI is InChI=1S/C15H15F2NO2S/c1-6(2)9-12(18)14(15(19)20)21-13(9)10-8(16)5-4-7(3)11(10)17/h4-6H,18H2,1-3H3,(H,19,20). The first kappa shape index (κ1) is 15.4. The van der Waals surface area contributed by atoms with Gasteiger partial charge in [-0.25, -0.2) is 13.6 Å². The second kappa shape index (κ2) is 5.44. The number of anilines is 1. The maximum Gasteiger partial charge on any atom is 0.348 e. The molecule has 0 atom stereocenters. The zero-order valence-corrected chi connectivity index (χ0v) is 12.6. The first-order valence-electron chi connectivity index (χ1n) is 6.36. The predicted molar refractivity (Wildman–Crippen MR) is 79.9 cm³/mol. The quantitative estimate of drug-likeness (QED) is 0.882. The van der Waals surface area contributed by atoms with Crippen molar-refractivity contribution in [1.29, 1.82) is 0 Å². The van der Waals surface area contributed by atoms with Gasteiger partial charge in [-0.05, 0) is 30.0 Å². The molecule has 0 aliphatic rings. The SMILES string of the molecule is Cc1ccc(F)c(-c2sc(C(=O)O)c(N)c2C(C)C)c1F. The number of aryl methyl sites for hydroxylation is 1. The normalized spacial score (nSPS) is 11.1. The minimum Gasteiger partial charge on any atom is -0.477 e. The molecule has 0 aliphatic carbocycles. The van der Waals surface area contributed by atoms with Crippen LogP contribution in [-0.2, 0) is 0 Å². The Morgan fingerprint density at radius 2 is 1.95 bits per heavy atom. The first-order valence-corrected chi connectivity index (χ1v) is 7.17. The van der Waals surface area contributed by atoms with E-state index in [9.17, 15) is 13.6 Å². The van der Waals surface area contributed by atoms with E-state index in [1.807, 2.05) is 0 Å². The fourth-order valence-electron chi connectivity index (χ4n) is 2.24. The Labute approximate surface area is 125 Å². The second-order valence-electron chi connectivity index (χ2n) is 5.10. The molecule has 1 aromatic carbocycles. The number of hydrogen-bond donors (Lipinski definition) is 2. The smallest absolute Gasteiger partial charge is 0.348 e. The van der Waals surface area contributed by atoms with Crippen molar-refractivity contribution in [3.8, 4) is 10.4 Å². The molecule has 0 aliphatic heterocycles. The van der Waals surface area contributed by atoms with Crippen LogP contribution in [0.25, 0.3) is 10.4 Å². The lowest BCUT2D eigenvalue weighted by Crippen LogP contribution is -2.01. The van der Waals surface area contributed by atoms with Crippen LogP contribution >= 0.6 is 11.3 Å². The van der Waals surface area contributed by atoms with Crippen molar-refractivity contribution in [2.75, 3.05) is 5.73 Å². The molecule has 2 aromatic rings. The highest BCUT2D eigenvalue weighted by Gasteiger charge is 2.27.